The van der Waals surface area contributed by atoms with Gasteiger partial charge >= 0.3 is 0 Å². The van der Waals surface area contributed by atoms with Gasteiger partial charge in [0.1, 0.15) is 16.3 Å². The summed E-state index contributed by atoms with van der Waals surface area (Å²) < 4.78 is 0. The van der Waals surface area contributed by atoms with Crippen molar-refractivity contribution in [2.45, 2.75) is 328 Å². The van der Waals surface area contributed by atoms with Crippen LogP contribution in [0.15, 0.2) is 121 Å². The summed E-state index contributed by atoms with van der Waals surface area (Å²) >= 11 is 0. The molecule has 0 fully saturated rings. The highest BCUT2D eigenvalue weighted by atomic mass is 31.2. The van der Waals surface area contributed by atoms with E-state index in [9.17, 15) is 0 Å². The number of fused-ring (bicyclic) bond motifs is 1. The van der Waals surface area contributed by atoms with Crippen LogP contribution in [0.2, 0.25) is 72.5 Å². The van der Waals surface area contributed by atoms with Crippen LogP contribution in [0.3, 0.4) is 0 Å². The second-order valence-corrected chi connectivity index (χ2v) is 52.8. The summed E-state index contributed by atoms with van der Waals surface area (Å²) in [5.74, 6) is 0. The van der Waals surface area contributed by atoms with Crippen LogP contribution in [0.5, 0.6) is 0 Å². The van der Waals surface area contributed by atoms with Gasteiger partial charge < -0.3 is 0 Å². The van der Waals surface area contributed by atoms with Gasteiger partial charge in [-0.25, -0.2) is 0 Å². The van der Waals surface area contributed by atoms with Crippen molar-refractivity contribution in [3.8, 4) is 0 Å². The van der Waals surface area contributed by atoms with E-state index < -0.39 is 47.8 Å². The number of benzene rings is 5. The third-order valence-corrected chi connectivity index (χ3v) is 51.4. The van der Waals surface area contributed by atoms with Crippen LogP contribution in [0.4, 0.5) is 0 Å². The summed E-state index contributed by atoms with van der Waals surface area (Å²) in [6.07, 6.45) is 34.2. The van der Waals surface area contributed by atoms with Crippen LogP contribution in [0.25, 0.3) is 0 Å². The van der Waals surface area contributed by atoms with Crippen molar-refractivity contribution < 1.29 is 0 Å². The number of nitrogens with one attached hydrogen (secondary N) is 1. The molecule has 1 aliphatic carbocycles. The molecular weight excluding hydrogens is 1160 g/mol. The molecule has 0 amide bonds. The first kappa shape index (κ1) is 74.8. The lowest BCUT2D eigenvalue weighted by Crippen LogP contribution is -2.50. The average molecular weight is 1300 g/mol. The van der Waals surface area contributed by atoms with E-state index in [4.69, 9.17) is 4.86 Å². The molecule has 0 bridgehead atoms. The van der Waals surface area contributed by atoms with E-state index in [1.54, 1.807) is 53.1 Å². The van der Waals surface area contributed by atoms with Crippen molar-refractivity contribution in [2.24, 2.45) is 0 Å². The van der Waals surface area contributed by atoms with Gasteiger partial charge in [0.25, 0.3) is 0 Å². The van der Waals surface area contributed by atoms with Crippen molar-refractivity contribution >= 4 is 89.7 Å². The molecule has 7 heteroatoms. The molecule has 5 aromatic rings. The highest BCUT2D eigenvalue weighted by molar-refractivity contribution is 7.96. The first-order chi connectivity index (χ1) is 43.0. The Balaban J connectivity index is 1.78. The van der Waals surface area contributed by atoms with Gasteiger partial charge in [0.15, 0.2) is 7.41 Å². The highest BCUT2D eigenvalue weighted by Crippen LogP contribution is 2.65. The molecule has 0 atom stereocenters. The highest BCUT2D eigenvalue weighted by Gasteiger charge is 2.55. The Bertz CT molecular complexity index is 2420. The fourth-order valence-electron chi connectivity index (χ4n) is 16.5. The van der Waals surface area contributed by atoms with Crippen LogP contribution >= 0.6 is 15.5 Å². The van der Waals surface area contributed by atoms with Crippen molar-refractivity contribution in [3.05, 3.63) is 132 Å². The minimum Gasteiger partial charge on any atom is -0.154 e. The van der Waals surface area contributed by atoms with Crippen LogP contribution in [0.1, 0.15) is 248 Å². The number of rotatable bonds is 47. The van der Waals surface area contributed by atoms with Gasteiger partial charge in [-0.15, -0.1) is 0 Å². The summed E-state index contributed by atoms with van der Waals surface area (Å²) in [5, 5.41) is 13.5. The van der Waals surface area contributed by atoms with Gasteiger partial charge in [-0.05, 0) is 46.0 Å². The SMILES string of the molecule is CCCC[Si](CCCC)(CCCC)c1ccc([P+](NP(c2cccc([Si](CCCC)(CCCC)CCCC)c2)c2cccc([Si](CCCC)(CCCC)CCCC)c2)(c2ccc([Si](CCCC)(CCCC)CCCC)cc2)C2Cc3ccccc3C2)cc1. The van der Waals surface area contributed by atoms with E-state index in [1.165, 1.54) is 227 Å². The molecule has 1 nitrogen and oxygen atoms in total. The van der Waals surface area contributed by atoms with Crippen molar-refractivity contribution in [2.75, 3.05) is 0 Å². The number of unbranched alkanes of at least 4 members (excludes halogenated alkanes) is 12. The molecule has 1 aliphatic rings. The molecule has 88 heavy (non-hydrogen) atoms. The van der Waals surface area contributed by atoms with Gasteiger partial charge in [-0.3, -0.25) is 0 Å². The molecule has 0 unspecified atom stereocenters. The maximum Gasteiger partial charge on any atom is 0.153 e. The van der Waals surface area contributed by atoms with Crippen molar-refractivity contribution in [1.29, 1.82) is 0 Å². The minimum absolute atomic E-state index is 0.446. The average Bonchev–Trinajstić information content (AvgIpc) is 1.51. The normalized spacial score (nSPS) is 13.5. The molecule has 0 saturated carbocycles. The lowest BCUT2D eigenvalue weighted by molar-refractivity contribution is 0.800. The van der Waals surface area contributed by atoms with Gasteiger partial charge in [0, 0.05) is 12.8 Å². The maximum absolute atomic E-state index is 5.28. The first-order valence-electron chi connectivity index (χ1n) is 38.0. The summed E-state index contributed by atoms with van der Waals surface area (Å²) in [7, 11) is -10.8. The molecule has 0 heterocycles. The van der Waals surface area contributed by atoms with Crippen LogP contribution in [-0.4, -0.2) is 38.0 Å². The van der Waals surface area contributed by atoms with E-state index in [2.05, 4.69) is 204 Å². The lowest BCUT2D eigenvalue weighted by atomic mass is 10.1. The molecule has 488 valence electrons. The molecule has 0 aliphatic heterocycles. The number of hydrogen-bond donors (Lipinski definition) is 1. The monoisotopic (exact) mass is 1290 g/mol. The third-order valence-electron chi connectivity index (χ3n) is 22.1. The van der Waals surface area contributed by atoms with Gasteiger partial charge in [0.2, 0.25) is 0 Å². The summed E-state index contributed by atoms with van der Waals surface area (Å²) in [4.78, 5) is 5.28. The summed E-state index contributed by atoms with van der Waals surface area (Å²) in [5.41, 5.74) is 3.63. The fourth-order valence-corrected chi connectivity index (χ4v) is 47.5. The molecular formula is C81H134NP2Si4+. The topological polar surface area (TPSA) is 12.0 Å². The minimum atomic E-state index is -2.47. The Labute approximate surface area is 551 Å². The smallest absolute Gasteiger partial charge is 0.153 e. The molecule has 0 radical (unpaired) electrons. The molecule has 5 aromatic carbocycles. The van der Waals surface area contributed by atoms with E-state index in [-0.39, 0.29) is 0 Å². The second-order valence-electron chi connectivity index (χ2n) is 28.5. The van der Waals surface area contributed by atoms with Crippen LogP contribution in [-0.2, 0) is 12.8 Å². The molecule has 0 saturated heterocycles. The largest absolute Gasteiger partial charge is 0.154 e. The van der Waals surface area contributed by atoms with E-state index in [1.807, 2.05) is 0 Å². The van der Waals surface area contributed by atoms with Gasteiger partial charge in [-0.2, -0.15) is 4.86 Å². The van der Waals surface area contributed by atoms with Gasteiger partial charge in [-0.1, -0.05) is 428 Å². The van der Waals surface area contributed by atoms with E-state index in [0.29, 0.717) is 5.66 Å². The quantitative estimate of drug-likeness (QED) is 0.0302. The fraction of sp³-hybridized carbons (Fsp3) is 0.630. The zero-order valence-corrected chi connectivity index (χ0v) is 65.2. The third kappa shape index (κ3) is 19.5. The summed E-state index contributed by atoms with van der Waals surface area (Å²) in [6.45, 7) is 29.4. The second kappa shape index (κ2) is 39.5. The summed E-state index contributed by atoms with van der Waals surface area (Å²) in [6, 6.07) is 71.0. The Morgan fingerprint density at radius 2 is 0.557 bits per heavy atom. The zero-order valence-electron chi connectivity index (χ0n) is 59.4. The van der Waals surface area contributed by atoms with Crippen LogP contribution in [0, 0.1) is 0 Å². The molecule has 6 rings (SSSR count). The molecule has 0 spiro atoms. The van der Waals surface area contributed by atoms with Crippen LogP contribution < -0.4 is 46.8 Å². The predicted octanol–water partition coefficient (Wildman–Crippen LogP) is 22.6. The maximum atomic E-state index is 5.28. The number of hydrogen-bond acceptors (Lipinski definition) is 1. The first-order valence-corrected chi connectivity index (χ1v) is 51.6. The van der Waals surface area contributed by atoms with E-state index in [0.717, 1.165) is 12.8 Å². The Morgan fingerprint density at radius 3 is 0.807 bits per heavy atom. The van der Waals surface area contributed by atoms with Gasteiger partial charge in [0.05, 0.1) is 40.4 Å². The Kier molecular flexibility index (Phi) is 33.6. The lowest BCUT2D eigenvalue weighted by Gasteiger charge is -2.39. The van der Waals surface area contributed by atoms with Crippen molar-refractivity contribution in [1.82, 2.24) is 4.86 Å². The van der Waals surface area contributed by atoms with Crippen molar-refractivity contribution in [3.63, 3.8) is 0 Å². The Hall–Kier alpha value is -2.21. The predicted molar refractivity (Wildman–Crippen MR) is 417 cm³/mol. The zero-order chi connectivity index (χ0) is 63.1. The molecule has 0 aromatic heterocycles. The Morgan fingerprint density at radius 1 is 0.307 bits per heavy atom. The molecule has 1 N–H and O–H groups in total. The standard InChI is InChI=1S/C81H134NP2Si4/c1-13-25-55-85(56-26-14-2,57-27-15-3)78-51-47-75(48-52-78)84(77-67-71-41-37-38-42-72(71)68-77,76-49-53-79(54-50-76)86(58-28-16-4,59-29-17-5)60-30-18-6)82-83(73-43-39-45-80(69-73)87(61-31-19-7,62-32-20-8)63-33-21-9)74-44-40-46-81(70-74)88(64-34-22-10,65-35-23-11)66-36-24-12/h37-54,69-70,77,82H,13-36,55-68H2,1-12H3/q+1. The van der Waals surface area contributed by atoms with E-state index >= 15 is 0 Å².